The van der Waals surface area contributed by atoms with E-state index in [1.165, 1.54) is 12.1 Å². The van der Waals surface area contributed by atoms with Gasteiger partial charge in [-0.3, -0.25) is 0 Å². The highest BCUT2D eigenvalue weighted by molar-refractivity contribution is 6.35. The van der Waals surface area contributed by atoms with E-state index in [9.17, 15) is 8.78 Å². The molecule has 0 bridgehead atoms. The quantitative estimate of drug-likeness (QED) is 0.470. The lowest BCUT2D eigenvalue weighted by molar-refractivity contribution is -0.0503. The molecule has 1 aromatic carbocycles. The van der Waals surface area contributed by atoms with Gasteiger partial charge in [0.15, 0.2) is 5.96 Å². The highest BCUT2D eigenvalue weighted by Gasteiger charge is 2.15. The average Bonchev–Trinajstić information content (AvgIpc) is 2.44. The Kier molecular flexibility index (Phi) is 7.78. The minimum absolute atomic E-state index is 0.000384. The number of terminal acetylenes is 1. The fourth-order valence-electron chi connectivity index (χ4n) is 1.59. The predicted molar refractivity (Wildman–Crippen MR) is 84.7 cm³/mol. The number of alkyl halides is 2. The molecular weight excluding hydrogens is 335 g/mol. The summed E-state index contributed by atoms with van der Waals surface area (Å²) in [6, 6.07) is 2.80. The van der Waals surface area contributed by atoms with Gasteiger partial charge in [0.1, 0.15) is 5.75 Å². The molecule has 1 aromatic rings. The van der Waals surface area contributed by atoms with Crippen molar-refractivity contribution in [3.05, 3.63) is 27.7 Å². The Morgan fingerprint density at radius 2 is 2.14 bits per heavy atom. The van der Waals surface area contributed by atoms with Crippen LogP contribution in [-0.2, 0) is 6.54 Å². The van der Waals surface area contributed by atoms with Crippen molar-refractivity contribution in [1.82, 2.24) is 10.6 Å². The average molecular weight is 350 g/mol. The van der Waals surface area contributed by atoms with Crippen molar-refractivity contribution in [2.24, 2.45) is 4.99 Å². The predicted octanol–water partition coefficient (Wildman–Crippen LogP) is 3.28. The smallest absolute Gasteiger partial charge is 0.387 e. The van der Waals surface area contributed by atoms with E-state index >= 15 is 0 Å². The number of aliphatic imine (C=N–C) groups is 1. The maximum atomic E-state index is 12.5. The van der Waals surface area contributed by atoms with E-state index in [0.717, 1.165) is 0 Å². The molecule has 0 heterocycles. The van der Waals surface area contributed by atoms with Gasteiger partial charge in [-0.2, -0.15) is 8.78 Å². The minimum Gasteiger partial charge on any atom is -0.433 e. The molecule has 0 saturated heterocycles. The second kappa shape index (κ2) is 9.34. The number of hydrogen-bond donors (Lipinski definition) is 2. The maximum Gasteiger partial charge on any atom is 0.387 e. The van der Waals surface area contributed by atoms with Gasteiger partial charge in [0.2, 0.25) is 0 Å². The number of nitrogens with one attached hydrogen (secondary N) is 2. The van der Waals surface area contributed by atoms with E-state index in [-0.39, 0.29) is 23.9 Å². The maximum absolute atomic E-state index is 12.5. The molecule has 22 heavy (non-hydrogen) atoms. The fourth-order valence-corrected chi connectivity index (χ4v) is 2.17. The van der Waals surface area contributed by atoms with Crippen molar-refractivity contribution in [2.75, 3.05) is 13.1 Å². The van der Waals surface area contributed by atoms with Crippen LogP contribution in [0.1, 0.15) is 12.5 Å². The summed E-state index contributed by atoms with van der Waals surface area (Å²) in [6.45, 7) is -0.166. The number of guanidine groups is 1. The molecule has 1 rings (SSSR count). The van der Waals surface area contributed by atoms with Crippen LogP contribution in [0.3, 0.4) is 0 Å². The first kappa shape index (κ1) is 18.3. The number of hydrogen-bond acceptors (Lipinski definition) is 2. The van der Waals surface area contributed by atoms with Crippen LogP contribution in [0.2, 0.25) is 10.0 Å². The van der Waals surface area contributed by atoms with Crippen LogP contribution in [0.25, 0.3) is 0 Å². The molecule has 0 unspecified atom stereocenters. The standard InChI is InChI=1S/C14H15Cl2F2N3O/c1-3-5-20-14(19-4-2)21-8-9-6-10(15)7-11(16)12(9)22-13(17)18/h1,6-7,13H,4-5,8H2,2H3,(H2,19,20,21). The summed E-state index contributed by atoms with van der Waals surface area (Å²) >= 11 is 11.8. The Morgan fingerprint density at radius 3 is 2.73 bits per heavy atom. The molecule has 0 radical (unpaired) electrons. The first-order chi connectivity index (χ1) is 10.5. The topological polar surface area (TPSA) is 45.7 Å². The normalized spacial score (nSPS) is 11.2. The first-order valence-electron chi connectivity index (χ1n) is 6.36. The van der Waals surface area contributed by atoms with Gasteiger partial charge in [0.25, 0.3) is 0 Å². The number of benzene rings is 1. The van der Waals surface area contributed by atoms with Crippen molar-refractivity contribution in [3.63, 3.8) is 0 Å². The first-order valence-corrected chi connectivity index (χ1v) is 7.11. The van der Waals surface area contributed by atoms with Gasteiger partial charge in [0.05, 0.1) is 18.1 Å². The van der Waals surface area contributed by atoms with Crippen LogP contribution in [0.4, 0.5) is 8.78 Å². The number of rotatable bonds is 6. The third-order valence-corrected chi connectivity index (χ3v) is 2.90. The monoisotopic (exact) mass is 349 g/mol. The lowest BCUT2D eigenvalue weighted by Crippen LogP contribution is -2.37. The Hall–Kier alpha value is -1.71. The van der Waals surface area contributed by atoms with Crippen molar-refractivity contribution in [1.29, 1.82) is 0 Å². The molecule has 2 N–H and O–H groups in total. The molecule has 120 valence electrons. The van der Waals surface area contributed by atoms with E-state index in [0.29, 0.717) is 23.1 Å². The molecular formula is C14H15Cl2F2N3O. The fraction of sp³-hybridized carbons (Fsp3) is 0.357. The second-order valence-corrected chi connectivity index (χ2v) is 4.85. The van der Waals surface area contributed by atoms with Crippen molar-refractivity contribution < 1.29 is 13.5 Å². The van der Waals surface area contributed by atoms with E-state index in [1.807, 2.05) is 6.92 Å². The van der Waals surface area contributed by atoms with Gasteiger partial charge in [-0.1, -0.05) is 29.1 Å². The van der Waals surface area contributed by atoms with Gasteiger partial charge in [-0.25, -0.2) is 4.99 Å². The van der Waals surface area contributed by atoms with Crippen LogP contribution in [0, 0.1) is 12.3 Å². The van der Waals surface area contributed by atoms with Crippen molar-refractivity contribution in [3.8, 4) is 18.1 Å². The van der Waals surface area contributed by atoms with Gasteiger partial charge >= 0.3 is 6.61 Å². The van der Waals surface area contributed by atoms with E-state index in [4.69, 9.17) is 29.6 Å². The van der Waals surface area contributed by atoms with Gasteiger partial charge in [0, 0.05) is 17.1 Å². The molecule has 4 nitrogen and oxygen atoms in total. The third-order valence-electron chi connectivity index (χ3n) is 2.40. The highest BCUT2D eigenvalue weighted by Crippen LogP contribution is 2.34. The second-order valence-electron chi connectivity index (χ2n) is 4.01. The summed E-state index contributed by atoms with van der Waals surface area (Å²) in [5, 5.41) is 6.15. The Morgan fingerprint density at radius 1 is 1.41 bits per heavy atom. The zero-order valence-corrected chi connectivity index (χ0v) is 13.3. The molecule has 0 atom stereocenters. The van der Waals surface area contributed by atoms with E-state index in [2.05, 4.69) is 26.3 Å². The molecule has 0 saturated carbocycles. The Bertz CT molecular complexity index is 574. The summed E-state index contributed by atoms with van der Waals surface area (Å²) in [4.78, 5) is 4.23. The van der Waals surface area contributed by atoms with Crippen molar-refractivity contribution in [2.45, 2.75) is 20.1 Å². The van der Waals surface area contributed by atoms with Crippen molar-refractivity contribution >= 4 is 29.2 Å². The molecule has 8 heteroatoms. The molecule has 0 spiro atoms. The lowest BCUT2D eigenvalue weighted by atomic mass is 10.2. The van der Waals surface area contributed by atoms with Crippen LogP contribution in [0.15, 0.2) is 17.1 Å². The van der Waals surface area contributed by atoms with Crippen LogP contribution in [0.5, 0.6) is 5.75 Å². The summed E-state index contributed by atoms with van der Waals surface area (Å²) < 4.78 is 29.4. The summed E-state index contributed by atoms with van der Waals surface area (Å²) in [5.74, 6) is 2.72. The lowest BCUT2D eigenvalue weighted by Gasteiger charge is -2.13. The molecule has 0 fully saturated rings. The van der Waals surface area contributed by atoms with E-state index in [1.54, 1.807) is 0 Å². The number of ether oxygens (including phenoxy) is 1. The summed E-state index contributed by atoms with van der Waals surface area (Å²) in [6.07, 6.45) is 5.17. The highest BCUT2D eigenvalue weighted by atomic mass is 35.5. The van der Waals surface area contributed by atoms with Crippen LogP contribution >= 0.6 is 23.2 Å². The van der Waals surface area contributed by atoms with Crippen LogP contribution < -0.4 is 15.4 Å². The molecule has 0 aromatic heterocycles. The summed E-state index contributed by atoms with van der Waals surface area (Å²) in [7, 11) is 0. The van der Waals surface area contributed by atoms with Crippen LogP contribution in [-0.4, -0.2) is 25.7 Å². The molecule has 0 amide bonds. The van der Waals surface area contributed by atoms with E-state index < -0.39 is 6.61 Å². The zero-order valence-electron chi connectivity index (χ0n) is 11.8. The molecule has 0 aliphatic rings. The SMILES string of the molecule is C#CCNC(=NCc1cc(Cl)cc(Cl)c1OC(F)F)NCC. The third kappa shape index (κ3) is 5.96. The largest absolute Gasteiger partial charge is 0.433 e. The molecule has 0 aliphatic heterocycles. The minimum atomic E-state index is -2.99. The summed E-state index contributed by atoms with van der Waals surface area (Å²) in [5.41, 5.74) is 0.343. The zero-order chi connectivity index (χ0) is 16.5. The Labute approximate surface area is 137 Å². The van der Waals surface area contributed by atoms with Gasteiger partial charge in [-0.05, 0) is 19.1 Å². The number of halogens is 4. The van der Waals surface area contributed by atoms with Gasteiger partial charge in [-0.15, -0.1) is 6.42 Å². The number of nitrogens with zero attached hydrogens (tertiary/aromatic N) is 1. The van der Waals surface area contributed by atoms with Gasteiger partial charge < -0.3 is 15.4 Å². The molecule has 0 aliphatic carbocycles. The Balaban J connectivity index is 3.01.